The number of nitrogens with zero attached hydrogens (tertiary/aromatic N) is 5. The first kappa shape index (κ1) is 30.0. The molecule has 11 heteroatoms. The van der Waals surface area contributed by atoms with Crippen molar-refractivity contribution >= 4 is 34.2 Å². The molecular weight excluding hydrogens is 564 g/mol. The molecule has 42 heavy (non-hydrogen) atoms. The van der Waals surface area contributed by atoms with Crippen molar-refractivity contribution in [1.82, 2.24) is 19.4 Å². The van der Waals surface area contributed by atoms with Crippen LogP contribution in [0.15, 0.2) is 41.7 Å². The molecule has 2 aliphatic heterocycles. The Morgan fingerprint density at radius 3 is 2.67 bits per heavy atom. The van der Waals surface area contributed by atoms with Gasteiger partial charge in [-0.05, 0) is 63.7 Å². The van der Waals surface area contributed by atoms with Crippen molar-refractivity contribution < 1.29 is 18.3 Å². The SMILES string of the molecule is C=CC(=O)N1CCN(c2nc(=O)n3c4c(c(-c5ccc(F)cc5F)c(Cl)cc24)OCC3CCCN(CC)CC)C(C)C1. The van der Waals surface area contributed by atoms with Crippen LogP contribution in [0.5, 0.6) is 5.75 Å². The summed E-state index contributed by atoms with van der Waals surface area (Å²) < 4.78 is 36.9. The normalized spacial score (nSPS) is 18.5. The predicted octanol–water partition coefficient (Wildman–Crippen LogP) is 5.27. The van der Waals surface area contributed by atoms with E-state index >= 15 is 4.39 Å². The summed E-state index contributed by atoms with van der Waals surface area (Å²) in [5, 5.41) is 0.800. The van der Waals surface area contributed by atoms with E-state index in [-0.39, 0.29) is 46.5 Å². The van der Waals surface area contributed by atoms with Crippen LogP contribution in [0.25, 0.3) is 22.0 Å². The molecule has 3 aromatic rings. The van der Waals surface area contributed by atoms with Crippen LogP contribution in [0.4, 0.5) is 14.6 Å². The Bertz CT molecular complexity index is 1570. The predicted molar refractivity (Wildman–Crippen MR) is 162 cm³/mol. The highest BCUT2D eigenvalue weighted by Crippen LogP contribution is 2.47. The number of carbonyl (C=O) groups excluding carboxylic acids is 1. The average molecular weight is 600 g/mol. The lowest BCUT2D eigenvalue weighted by Crippen LogP contribution is -2.54. The Kier molecular flexibility index (Phi) is 8.84. The Balaban J connectivity index is 1.66. The second-order valence-corrected chi connectivity index (χ2v) is 11.2. The third-order valence-electron chi connectivity index (χ3n) is 8.37. The van der Waals surface area contributed by atoms with E-state index in [0.717, 1.165) is 32.1 Å². The molecule has 5 rings (SSSR count). The van der Waals surface area contributed by atoms with Crippen LogP contribution in [0.2, 0.25) is 5.02 Å². The average Bonchev–Trinajstić information content (AvgIpc) is 2.97. The molecule has 0 radical (unpaired) electrons. The number of amides is 1. The van der Waals surface area contributed by atoms with Gasteiger partial charge in [-0.3, -0.25) is 9.36 Å². The first-order chi connectivity index (χ1) is 20.2. The van der Waals surface area contributed by atoms with Crippen molar-refractivity contribution in [3.8, 4) is 16.9 Å². The van der Waals surface area contributed by atoms with Crippen LogP contribution in [-0.2, 0) is 4.79 Å². The van der Waals surface area contributed by atoms with Gasteiger partial charge in [-0.25, -0.2) is 13.6 Å². The minimum atomic E-state index is -0.780. The fourth-order valence-corrected chi connectivity index (χ4v) is 6.42. The van der Waals surface area contributed by atoms with Gasteiger partial charge in [0.2, 0.25) is 5.91 Å². The molecule has 0 aliphatic carbocycles. The van der Waals surface area contributed by atoms with Gasteiger partial charge in [0.05, 0.1) is 16.6 Å². The molecule has 0 bridgehead atoms. The quantitative estimate of drug-likeness (QED) is 0.312. The molecule has 3 heterocycles. The molecule has 1 saturated heterocycles. The highest BCUT2D eigenvalue weighted by Gasteiger charge is 2.34. The maximum Gasteiger partial charge on any atom is 0.350 e. The largest absolute Gasteiger partial charge is 0.488 e. The Labute approximate surface area is 249 Å². The van der Waals surface area contributed by atoms with Crippen molar-refractivity contribution in [1.29, 1.82) is 0 Å². The number of hydrogen-bond donors (Lipinski definition) is 0. The molecule has 1 fully saturated rings. The molecule has 2 atom stereocenters. The monoisotopic (exact) mass is 599 g/mol. The smallest absolute Gasteiger partial charge is 0.350 e. The Morgan fingerprint density at radius 2 is 2.00 bits per heavy atom. The lowest BCUT2D eigenvalue weighted by atomic mass is 9.98. The standard InChI is InChI=1S/C31H36ClF2N5O3/c1-5-26(40)37-13-14-38(19(4)17-37)30-23-16-24(32)27(22-11-10-20(33)15-25(22)34)29-28(23)39(31(41)35-30)21(18-42-29)9-8-12-36(6-2)7-3/h5,10-11,15-16,19,21H,1,6-9,12-14,17-18H2,2-4H3. The molecule has 2 aromatic carbocycles. The molecule has 0 saturated carbocycles. The van der Waals surface area contributed by atoms with Gasteiger partial charge in [-0.15, -0.1) is 0 Å². The summed E-state index contributed by atoms with van der Waals surface area (Å²) in [7, 11) is 0. The molecule has 0 spiro atoms. The van der Waals surface area contributed by atoms with Crippen LogP contribution in [0.3, 0.4) is 0 Å². The van der Waals surface area contributed by atoms with E-state index in [1.165, 1.54) is 18.2 Å². The minimum absolute atomic E-state index is 0.0839. The molecule has 1 amide bonds. The first-order valence-electron chi connectivity index (χ1n) is 14.5. The highest BCUT2D eigenvalue weighted by molar-refractivity contribution is 6.35. The van der Waals surface area contributed by atoms with Gasteiger partial charge in [0.15, 0.2) is 5.75 Å². The van der Waals surface area contributed by atoms with E-state index in [1.807, 2.05) is 11.8 Å². The fourth-order valence-electron chi connectivity index (χ4n) is 6.13. The number of aromatic nitrogens is 2. The third-order valence-corrected chi connectivity index (χ3v) is 8.67. The van der Waals surface area contributed by atoms with E-state index in [1.54, 1.807) is 15.5 Å². The zero-order valence-corrected chi connectivity index (χ0v) is 25.0. The molecule has 2 unspecified atom stereocenters. The number of piperazine rings is 1. The third kappa shape index (κ3) is 5.49. The molecular formula is C31H36ClF2N5O3. The Morgan fingerprint density at radius 1 is 1.24 bits per heavy atom. The van der Waals surface area contributed by atoms with E-state index in [4.69, 9.17) is 16.3 Å². The van der Waals surface area contributed by atoms with Crippen LogP contribution in [0.1, 0.15) is 39.7 Å². The minimum Gasteiger partial charge on any atom is -0.488 e. The fraction of sp³-hybridized carbons (Fsp3) is 0.452. The topological polar surface area (TPSA) is 70.9 Å². The van der Waals surface area contributed by atoms with Crippen molar-refractivity contribution in [2.24, 2.45) is 0 Å². The molecule has 8 nitrogen and oxygen atoms in total. The van der Waals surface area contributed by atoms with Gasteiger partial charge in [-0.2, -0.15) is 4.98 Å². The summed E-state index contributed by atoms with van der Waals surface area (Å²) >= 11 is 6.82. The molecule has 2 aliphatic rings. The van der Waals surface area contributed by atoms with Gasteiger partial charge in [0, 0.05) is 48.3 Å². The number of benzene rings is 2. The van der Waals surface area contributed by atoms with Crippen LogP contribution in [0, 0.1) is 11.6 Å². The van der Waals surface area contributed by atoms with E-state index in [0.29, 0.717) is 42.8 Å². The second kappa shape index (κ2) is 12.4. The second-order valence-electron chi connectivity index (χ2n) is 10.8. The number of hydrogen-bond acceptors (Lipinski definition) is 6. The van der Waals surface area contributed by atoms with Crippen molar-refractivity contribution in [2.75, 3.05) is 50.8 Å². The van der Waals surface area contributed by atoms with Gasteiger partial charge in [-0.1, -0.05) is 32.0 Å². The number of halogens is 3. The van der Waals surface area contributed by atoms with Gasteiger partial charge in [0.25, 0.3) is 0 Å². The Hall–Kier alpha value is -3.50. The van der Waals surface area contributed by atoms with Crippen LogP contribution >= 0.6 is 11.6 Å². The highest BCUT2D eigenvalue weighted by atomic mass is 35.5. The number of rotatable bonds is 9. The first-order valence-corrected chi connectivity index (χ1v) is 14.8. The van der Waals surface area contributed by atoms with Crippen molar-refractivity contribution in [3.63, 3.8) is 0 Å². The summed E-state index contributed by atoms with van der Waals surface area (Å²) in [6, 6.07) is 4.55. The summed E-state index contributed by atoms with van der Waals surface area (Å²) in [6.45, 7) is 14.1. The van der Waals surface area contributed by atoms with Gasteiger partial charge in [0.1, 0.15) is 24.1 Å². The van der Waals surface area contributed by atoms with Crippen molar-refractivity contribution in [2.45, 2.75) is 45.7 Å². The van der Waals surface area contributed by atoms with Crippen LogP contribution < -0.4 is 15.3 Å². The zero-order chi connectivity index (χ0) is 30.1. The number of ether oxygens (including phenoxy) is 1. The summed E-state index contributed by atoms with van der Waals surface area (Å²) in [6.07, 6.45) is 2.83. The zero-order valence-electron chi connectivity index (χ0n) is 24.2. The lowest BCUT2D eigenvalue weighted by Gasteiger charge is -2.41. The molecule has 0 N–H and O–H groups in total. The number of carbonyl (C=O) groups is 1. The molecule has 1 aromatic heterocycles. The van der Waals surface area contributed by atoms with Crippen molar-refractivity contribution in [3.05, 3.63) is 64.1 Å². The number of anilines is 1. The molecule has 224 valence electrons. The van der Waals surface area contributed by atoms with E-state index in [9.17, 15) is 14.0 Å². The summed E-state index contributed by atoms with van der Waals surface area (Å²) in [4.78, 5) is 36.7. The lowest BCUT2D eigenvalue weighted by molar-refractivity contribution is -0.126. The van der Waals surface area contributed by atoms with Gasteiger partial charge >= 0.3 is 5.69 Å². The van der Waals surface area contributed by atoms with E-state index in [2.05, 4.69) is 30.3 Å². The maximum atomic E-state index is 15.1. The van der Waals surface area contributed by atoms with Crippen LogP contribution in [-0.4, -0.2) is 77.2 Å². The summed E-state index contributed by atoms with van der Waals surface area (Å²) in [5.41, 5.74) is 0.409. The van der Waals surface area contributed by atoms with E-state index < -0.39 is 17.3 Å². The maximum absolute atomic E-state index is 15.1. The summed E-state index contributed by atoms with van der Waals surface area (Å²) in [5.74, 6) is -0.927. The van der Waals surface area contributed by atoms with Gasteiger partial charge < -0.3 is 19.4 Å².